The summed E-state index contributed by atoms with van der Waals surface area (Å²) >= 11 is 0. The van der Waals surface area contributed by atoms with E-state index in [1.54, 1.807) is 0 Å². The summed E-state index contributed by atoms with van der Waals surface area (Å²) in [5.74, 6) is 1.87. The van der Waals surface area contributed by atoms with Crippen LogP contribution in [0.15, 0.2) is 158 Å². The Morgan fingerprint density at radius 2 is 0.851 bits per heavy atom. The number of benzene rings is 5. The van der Waals surface area contributed by atoms with E-state index < -0.39 is 0 Å². The van der Waals surface area contributed by atoms with Crippen LogP contribution in [0.5, 0.6) is 0 Å². The summed E-state index contributed by atoms with van der Waals surface area (Å²) in [6, 6.07) is 51.3. The third-order valence-electron chi connectivity index (χ3n) is 8.48. The molecule has 0 atom stereocenters. The van der Waals surface area contributed by atoms with Gasteiger partial charge in [0.15, 0.2) is 17.5 Å². The molecular weight excluding hydrogens is 576 g/mol. The molecule has 9 aromatic rings. The minimum atomic E-state index is 0.610. The second-order valence-corrected chi connectivity index (χ2v) is 11.4. The Morgan fingerprint density at radius 1 is 0.362 bits per heavy atom. The summed E-state index contributed by atoms with van der Waals surface area (Å²) in [5, 5.41) is 1.04. The third-order valence-corrected chi connectivity index (χ3v) is 8.48. The van der Waals surface area contributed by atoms with Gasteiger partial charge in [0.05, 0.1) is 16.7 Å². The molecule has 0 radical (unpaired) electrons. The first-order chi connectivity index (χ1) is 23.3. The van der Waals surface area contributed by atoms with Gasteiger partial charge in [0, 0.05) is 33.8 Å². The molecule has 0 aliphatic rings. The van der Waals surface area contributed by atoms with E-state index in [9.17, 15) is 0 Å². The maximum absolute atomic E-state index is 5.13. The molecule has 4 heterocycles. The van der Waals surface area contributed by atoms with Crippen molar-refractivity contribution in [1.82, 2.24) is 29.3 Å². The van der Waals surface area contributed by atoms with Crippen molar-refractivity contribution >= 4 is 27.6 Å². The zero-order valence-corrected chi connectivity index (χ0v) is 25.2. The Labute approximate surface area is 270 Å². The summed E-state index contributed by atoms with van der Waals surface area (Å²) in [6.07, 6.45) is 2.04. The first-order valence-corrected chi connectivity index (χ1v) is 15.5. The molecular formula is C41H26N6. The average Bonchev–Trinajstić information content (AvgIpc) is 3.55. The number of hydrogen-bond acceptors (Lipinski definition) is 5. The van der Waals surface area contributed by atoms with Crippen LogP contribution in [0.2, 0.25) is 0 Å². The molecule has 5 aromatic carbocycles. The molecule has 0 unspecified atom stereocenters. The second kappa shape index (κ2) is 11.1. The molecule has 0 fully saturated rings. The van der Waals surface area contributed by atoms with Gasteiger partial charge in [0.2, 0.25) is 0 Å². The molecule has 6 heteroatoms. The molecule has 0 saturated heterocycles. The van der Waals surface area contributed by atoms with E-state index in [1.807, 2.05) is 79.0 Å². The maximum atomic E-state index is 5.13. The SMILES string of the molecule is c1ccc(-c2ccc(-c3nc(-c4ccccc4)nc(-c4ccc(-c5nc6ccccc6c6nc7ccccn7c56)cc4)n3)cc2)cc1. The Balaban J connectivity index is 1.16. The van der Waals surface area contributed by atoms with Gasteiger partial charge >= 0.3 is 0 Å². The Hall–Kier alpha value is -6.53. The molecule has 0 aliphatic heterocycles. The number of pyridine rings is 2. The molecule has 0 spiro atoms. The fourth-order valence-corrected chi connectivity index (χ4v) is 6.13. The Kier molecular flexibility index (Phi) is 6.35. The summed E-state index contributed by atoms with van der Waals surface area (Å²) < 4.78 is 2.12. The molecule has 47 heavy (non-hydrogen) atoms. The van der Waals surface area contributed by atoms with Gasteiger partial charge in [-0.25, -0.2) is 24.9 Å². The molecule has 9 rings (SSSR count). The van der Waals surface area contributed by atoms with Crippen molar-refractivity contribution in [2.75, 3.05) is 0 Å². The van der Waals surface area contributed by atoms with E-state index in [4.69, 9.17) is 24.9 Å². The third kappa shape index (κ3) is 4.80. The van der Waals surface area contributed by atoms with Crippen molar-refractivity contribution in [3.05, 3.63) is 158 Å². The number of rotatable bonds is 5. The lowest BCUT2D eigenvalue weighted by molar-refractivity contribution is 1.07. The second-order valence-electron chi connectivity index (χ2n) is 11.4. The lowest BCUT2D eigenvalue weighted by Gasteiger charge is -2.10. The minimum Gasteiger partial charge on any atom is -0.298 e. The topological polar surface area (TPSA) is 68.9 Å². The van der Waals surface area contributed by atoms with Crippen molar-refractivity contribution < 1.29 is 0 Å². The maximum Gasteiger partial charge on any atom is 0.164 e. The van der Waals surface area contributed by atoms with Crippen LogP contribution in [-0.2, 0) is 0 Å². The van der Waals surface area contributed by atoms with Gasteiger partial charge in [-0.3, -0.25) is 4.40 Å². The Bertz CT molecular complexity index is 2540. The molecule has 220 valence electrons. The van der Waals surface area contributed by atoms with Gasteiger partial charge in [0.25, 0.3) is 0 Å². The van der Waals surface area contributed by atoms with Gasteiger partial charge in [-0.1, -0.05) is 133 Å². The quantitative estimate of drug-likeness (QED) is 0.196. The van der Waals surface area contributed by atoms with Crippen molar-refractivity contribution in [2.45, 2.75) is 0 Å². The first kappa shape index (κ1) is 26.8. The highest BCUT2D eigenvalue weighted by Gasteiger charge is 2.17. The van der Waals surface area contributed by atoms with Crippen LogP contribution >= 0.6 is 0 Å². The van der Waals surface area contributed by atoms with E-state index in [0.29, 0.717) is 17.5 Å². The molecule has 0 saturated carbocycles. The molecule has 6 nitrogen and oxygen atoms in total. The summed E-state index contributed by atoms with van der Waals surface area (Å²) in [6.45, 7) is 0. The minimum absolute atomic E-state index is 0.610. The van der Waals surface area contributed by atoms with Crippen LogP contribution in [0.25, 0.3) is 84.1 Å². The summed E-state index contributed by atoms with van der Waals surface area (Å²) in [4.78, 5) is 24.9. The van der Waals surface area contributed by atoms with E-state index in [0.717, 1.165) is 61.1 Å². The van der Waals surface area contributed by atoms with Crippen LogP contribution in [0.4, 0.5) is 0 Å². The smallest absolute Gasteiger partial charge is 0.164 e. The van der Waals surface area contributed by atoms with Gasteiger partial charge < -0.3 is 0 Å². The average molecular weight is 603 g/mol. The number of fused-ring (bicyclic) bond motifs is 5. The standard InChI is InChI=1S/C41H26N6/c1-3-11-27(12-4-1)28-18-22-31(23-19-28)40-44-39(30-13-5-2-6-14-30)45-41(46-40)32-24-20-29(21-25-32)36-38-37(33-15-7-8-16-34(33)42-36)43-35-17-9-10-26-47(35)38/h1-26H. The number of para-hydroxylation sites is 1. The number of hydrogen-bond donors (Lipinski definition) is 0. The normalized spacial score (nSPS) is 11.4. The largest absolute Gasteiger partial charge is 0.298 e. The van der Waals surface area contributed by atoms with E-state index in [1.165, 1.54) is 5.56 Å². The monoisotopic (exact) mass is 602 g/mol. The number of aromatic nitrogens is 6. The predicted molar refractivity (Wildman–Crippen MR) is 189 cm³/mol. The lowest BCUT2D eigenvalue weighted by Crippen LogP contribution is -2.00. The van der Waals surface area contributed by atoms with Gasteiger partial charge in [-0.15, -0.1) is 0 Å². The van der Waals surface area contributed by atoms with Gasteiger partial charge in [-0.2, -0.15) is 0 Å². The van der Waals surface area contributed by atoms with Crippen molar-refractivity contribution in [2.24, 2.45) is 0 Å². The van der Waals surface area contributed by atoms with Crippen LogP contribution in [0.1, 0.15) is 0 Å². The molecule has 0 bridgehead atoms. The van der Waals surface area contributed by atoms with Crippen molar-refractivity contribution in [3.63, 3.8) is 0 Å². The Morgan fingerprint density at radius 3 is 1.51 bits per heavy atom. The van der Waals surface area contributed by atoms with Crippen LogP contribution in [-0.4, -0.2) is 29.3 Å². The van der Waals surface area contributed by atoms with E-state index in [-0.39, 0.29) is 0 Å². The van der Waals surface area contributed by atoms with Crippen LogP contribution in [0.3, 0.4) is 0 Å². The van der Waals surface area contributed by atoms with Gasteiger partial charge in [0.1, 0.15) is 11.2 Å². The van der Waals surface area contributed by atoms with E-state index in [2.05, 4.69) is 83.3 Å². The number of imidazole rings is 1. The molecule has 0 aliphatic carbocycles. The fourth-order valence-electron chi connectivity index (χ4n) is 6.13. The van der Waals surface area contributed by atoms with E-state index >= 15 is 0 Å². The lowest BCUT2D eigenvalue weighted by atomic mass is 10.0. The predicted octanol–water partition coefficient (Wildman–Crippen LogP) is 9.56. The molecule has 4 aromatic heterocycles. The highest BCUT2D eigenvalue weighted by Crippen LogP contribution is 2.34. The number of nitrogens with zero attached hydrogens (tertiary/aromatic N) is 6. The van der Waals surface area contributed by atoms with Crippen molar-refractivity contribution in [3.8, 4) is 56.5 Å². The summed E-state index contributed by atoms with van der Waals surface area (Å²) in [5.41, 5.74) is 10.7. The van der Waals surface area contributed by atoms with Crippen LogP contribution < -0.4 is 0 Å². The van der Waals surface area contributed by atoms with Gasteiger partial charge in [-0.05, 0) is 29.3 Å². The zero-order chi connectivity index (χ0) is 31.2. The van der Waals surface area contributed by atoms with Crippen LogP contribution in [0, 0.1) is 0 Å². The summed E-state index contributed by atoms with van der Waals surface area (Å²) in [7, 11) is 0. The fraction of sp³-hybridized carbons (Fsp3) is 0. The van der Waals surface area contributed by atoms with Crippen molar-refractivity contribution in [1.29, 1.82) is 0 Å². The molecule has 0 N–H and O–H groups in total. The zero-order valence-electron chi connectivity index (χ0n) is 25.2. The first-order valence-electron chi connectivity index (χ1n) is 15.5. The molecule has 0 amide bonds. The highest BCUT2D eigenvalue weighted by atomic mass is 15.0. The highest BCUT2D eigenvalue weighted by molar-refractivity contribution is 6.09.